The lowest BCUT2D eigenvalue weighted by Gasteiger charge is -2.39. The van der Waals surface area contributed by atoms with Gasteiger partial charge in [0.2, 0.25) is 0 Å². The van der Waals surface area contributed by atoms with Crippen LogP contribution in [0.1, 0.15) is 33.6 Å². The number of nitrogens with zero attached hydrogens (tertiary/aromatic N) is 1. The van der Waals surface area contributed by atoms with Crippen molar-refractivity contribution in [3.8, 4) is 5.75 Å². The second-order valence-corrected chi connectivity index (χ2v) is 8.44. The van der Waals surface area contributed by atoms with Gasteiger partial charge in [-0.05, 0) is 52.5 Å². The van der Waals surface area contributed by atoms with Crippen molar-refractivity contribution in [3.63, 3.8) is 0 Å². The van der Waals surface area contributed by atoms with E-state index >= 15 is 0 Å². The number of ether oxygens (including phenoxy) is 1. The minimum Gasteiger partial charge on any atom is -0.497 e. The second-order valence-electron chi connectivity index (χ2n) is 6.01. The van der Waals surface area contributed by atoms with Gasteiger partial charge in [-0.2, -0.15) is 0 Å². The van der Waals surface area contributed by atoms with Gasteiger partial charge < -0.3 is 19.8 Å². The summed E-state index contributed by atoms with van der Waals surface area (Å²) in [7, 11) is 1.61. The lowest BCUT2D eigenvalue weighted by molar-refractivity contribution is 0.0330. The molecule has 0 radical (unpaired) electrons. The minimum absolute atomic E-state index is 0.0524. The molecule has 2 heterocycles. The largest absolute Gasteiger partial charge is 0.497 e. The fourth-order valence-electron chi connectivity index (χ4n) is 3.50. The second kappa shape index (κ2) is 7.45. The van der Waals surface area contributed by atoms with Gasteiger partial charge in [0.05, 0.1) is 21.3 Å². The van der Waals surface area contributed by atoms with E-state index in [1.54, 1.807) is 12.0 Å². The maximum absolute atomic E-state index is 13.0. The number of carbonyl (C=O) groups excluding carboxylic acids is 1. The molecule has 1 amide bonds. The van der Waals surface area contributed by atoms with Gasteiger partial charge in [0, 0.05) is 25.3 Å². The third kappa shape index (κ3) is 3.21. The normalized spacial score (nSPS) is 15.5. The molecule has 5 nitrogen and oxygen atoms in total. The number of hydrogen-bond donors (Lipinski definition) is 2. The molecule has 1 aromatic carbocycles. The summed E-state index contributed by atoms with van der Waals surface area (Å²) in [4.78, 5) is 15.5. The number of benzene rings is 1. The molecule has 0 spiro atoms. The van der Waals surface area contributed by atoms with Gasteiger partial charge in [0.15, 0.2) is 0 Å². The quantitative estimate of drug-likeness (QED) is 0.714. The Kier molecular flexibility index (Phi) is 5.48. The van der Waals surface area contributed by atoms with Crippen molar-refractivity contribution in [2.45, 2.75) is 24.9 Å². The van der Waals surface area contributed by atoms with E-state index in [1.165, 1.54) is 11.3 Å². The summed E-state index contributed by atoms with van der Waals surface area (Å²) in [6.07, 6.45) is 0.789. The number of rotatable bonds is 7. The molecule has 0 saturated carbocycles. The molecule has 0 unspecified atom stereocenters. The van der Waals surface area contributed by atoms with E-state index in [0.717, 1.165) is 20.7 Å². The van der Waals surface area contributed by atoms with Crippen molar-refractivity contribution >= 4 is 33.2 Å². The van der Waals surface area contributed by atoms with Crippen LogP contribution in [0.4, 0.5) is 0 Å². The first-order chi connectivity index (χ1) is 12.1. The number of amides is 1. The van der Waals surface area contributed by atoms with E-state index in [0.29, 0.717) is 24.3 Å². The molecular formula is C18H20BrNO4S. The van der Waals surface area contributed by atoms with Crippen LogP contribution >= 0.6 is 27.3 Å². The van der Waals surface area contributed by atoms with E-state index in [4.69, 9.17) is 4.74 Å². The summed E-state index contributed by atoms with van der Waals surface area (Å²) in [5.41, 5.74) is 1.19. The Morgan fingerprint density at radius 3 is 2.40 bits per heavy atom. The maximum atomic E-state index is 13.0. The molecule has 0 fully saturated rings. The Bertz CT molecular complexity index is 753. The first-order valence-corrected chi connectivity index (χ1v) is 9.63. The first-order valence-electron chi connectivity index (χ1n) is 8.02. The average Bonchev–Trinajstić information content (AvgIpc) is 3.09. The SMILES string of the molecule is COc1ccc(CN2C(=O)c3sc(Br)cc3C2(CCO)CCO)cc1. The van der Waals surface area contributed by atoms with Crippen LogP contribution in [0, 0.1) is 0 Å². The number of aliphatic hydroxyl groups excluding tert-OH is 2. The Morgan fingerprint density at radius 1 is 1.20 bits per heavy atom. The summed E-state index contributed by atoms with van der Waals surface area (Å²) < 4.78 is 6.06. The van der Waals surface area contributed by atoms with Gasteiger partial charge in [-0.25, -0.2) is 0 Å². The summed E-state index contributed by atoms with van der Waals surface area (Å²) in [6.45, 7) is 0.306. The van der Waals surface area contributed by atoms with Crippen LogP contribution in [-0.2, 0) is 12.1 Å². The Hall–Kier alpha value is -1.41. The molecule has 1 aliphatic heterocycles. The van der Waals surface area contributed by atoms with Gasteiger partial charge in [-0.3, -0.25) is 4.79 Å². The van der Waals surface area contributed by atoms with Gasteiger partial charge >= 0.3 is 0 Å². The highest BCUT2D eigenvalue weighted by atomic mass is 79.9. The smallest absolute Gasteiger partial charge is 0.265 e. The van der Waals surface area contributed by atoms with E-state index < -0.39 is 5.54 Å². The predicted molar refractivity (Wildman–Crippen MR) is 100.0 cm³/mol. The van der Waals surface area contributed by atoms with Crippen molar-refractivity contribution in [1.29, 1.82) is 0 Å². The van der Waals surface area contributed by atoms with E-state index in [2.05, 4.69) is 15.9 Å². The molecule has 134 valence electrons. The fraction of sp³-hybridized carbons (Fsp3) is 0.389. The third-order valence-corrected chi connectivity index (χ3v) is 6.34. The van der Waals surface area contributed by atoms with Crippen molar-refractivity contribution in [2.24, 2.45) is 0 Å². The van der Waals surface area contributed by atoms with Crippen LogP contribution in [0.3, 0.4) is 0 Å². The fourth-order valence-corrected chi connectivity index (χ4v) is 5.14. The van der Waals surface area contributed by atoms with E-state index in [1.807, 2.05) is 30.3 Å². The molecule has 3 rings (SSSR count). The lowest BCUT2D eigenvalue weighted by Crippen LogP contribution is -2.44. The van der Waals surface area contributed by atoms with Crippen LogP contribution < -0.4 is 4.74 Å². The van der Waals surface area contributed by atoms with Gasteiger partial charge in [0.25, 0.3) is 5.91 Å². The highest BCUT2D eigenvalue weighted by molar-refractivity contribution is 9.11. The predicted octanol–water partition coefficient (Wildman–Crippen LogP) is 3.14. The molecule has 2 N–H and O–H groups in total. The monoisotopic (exact) mass is 425 g/mol. The zero-order valence-corrected chi connectivity index (χ0v) is 16.3. The Balaban J connectivity index is 2.00. The molecule has 1 aliphatic rings. The number of fused-ring (bicyclic) bond motifs is 1. The summed E-state index contributed by atoms with van der Waals surface area (Å²) in [5.74, 6) is 0.708. The van der Waals surface area contributed by atoms with Gasteiger partial charge in [-0.15, -0.1) is 11.3 Å². The zero-order chi connectivity index (χ0) is 18.0. The Labute approximate surface area is 159 Å². The summed E-state index contributed by atoms with van der Waals surface area (Å²) >= 11 is 4.85. The number of halogens is 1. The molecule has 0 bridgehead atoms. The van der Waals surface area contributed by atoms with Crippen LogP contribution in [0.2, 0.25) is 0 Å². The molecule has 7 heteroatoms. The minimum atomic E-state index is -0.682. The van der Waals surface area contributed by atoms with Crippen LogP contribution in [0.25, 0.3) is 0 Å². The number of carbonyl (C=O) groups is 1. The number of methoxy groups -OCH3 is 1. The van der Waals surface area contributed by atoms with E-state index in [9.17, 15) is 15.0 Å². The topological polar surface area (TPSA) is 70.0 Å². The van der Waals surface area contributed by atoms with E-state index in [-0.39, 0.29) is 19.1 Å². The number of hydrogen-bond acceptors (Lipinski definition) is 5. The molecule has 1 aromatic heterocycles. The highest BCUT2D eigenvalue weighted by Gasteiger charge is 2.50. The molecular weight excluding hydrogens is 406 g/mol. The van der Waals surface area contributed by atoms with Crippen molar-refractivity contribution < 1.29 is 19.7 Å². The number of thiophene rings is 1. The highest BCUT2D eigenvalue weighted by Crippen LogP contribution is 2.49. The lowest BCUT2D eigenvalue weighted by atomic mass is 9.85. The van der Waals surface area contributed by atoms with Crippen molar-refractivity contribution in [3.05, 3.63) is 50.1 Å². The average molecular weight is 426 g/mol. The van der Waals surface area contributed by atoms with Crippen LogP contribution in [-0.4, -0.2) is 41.3 Å². The molecule has 0 aliphatic carbocycles. The number of aliphatic hydroxyl groups is 2. The summed E-state index contributed by atoms with van der Waals surface area (Å²) in [6, 6.07) is 9.52. The Morgan fingerprint density at radius 2 is 1.84 bits per heavy atom. The molecule has 25 heavy (non-hydrogen) atoms. The van der Waals surface area contributed by atoms with Crippen LogP contribution in [0.15, 0.2) is 34.1 Å². The van der Waals surface area contributed by atoms with Crippen LogP contribution in [0.5, 0.6) is 5.75 Å². The van der Waals surface area contributed by atoms with Crippen molar-refractivity contribution in [2.75, 3.05) is 20.3 Å². The third-order valence-electron chi connectivity index (χ3n) is 4.71. The van der Waals surface area contributed by atoms with Gasteiger partial charge in [0.1, 0.15) is 5.75 Å². The van der Waals surface area contributed by atoms with Crippen molar-refractivity contribution in [1.82, 2.24) is 4.90 Å². The molecule has 0 saturated heterocycles. The zero-order valence-electron chi connectivity index (χ0n) is 13.9. The maximum Gasteiger partial charge on any atom is 0.265 e. The molecule has 2 aromatic rings. The standard InChI is InChI=1S/C18H20BrNO4S/c1-24-13-4-2-12(3-5-13)11-20-17(23)16-14(10-15(19)25-16)18(20,6-8-21)7-9-22/h2-5,10,21-22H,6-9,11H2,1H3. The summed E-state index contributed by atoms with van der Waals surface area (Å²) in [5, 5.41) is 19.3. The van der Waals surface area contributed by atoms with Gasteiger partial charge in [-0.1, -0.05) is 12.1 Å². The first kappa shape index (κ1) is 18.4. The molecule has 0 atom stereocenters.